The number of hydrazone groups is 1. The first-order valence-electron chi connectivity index (χ1n) is 7.75. The van der Waals surface area contributed by atoms with Crippen molar-refractivity contribution in [3.8, 4) is 0 Å². The maximum atomic E-state index is 12.5. The van der Waals surface area contributed by atoms with Crippen LogP contribution in [0.5, 0.6) is 0 Å². The number of para-hydroxylation sites is 2. The summed E-state index contributed by atoms with van der Waals surface area (Å²) < 4.78 is 39.3. The zero-order valence-electron chi connectivity index (χ0n) is 13.8. The molecule has 3 rings (SSSR count). The molecule has 1 heterocycles. The molecule has 26 heavy (non-hydrogen) atoms. The Morgan fingerprint density at radius 2 is 1.88 bits per heavy atom. The topological polar surface area (TPSA) is 59.3 Å². The fourth-order valence-electron chi connectivity index (χ4n) is 2.51. The van der Waals surface area contributed by atoms with Crippen molar-refractivity contribution >= 4 is 23.2 Å². The lowest BCUT2D eigenvalue weighted by Crippen LogP contribution is -2.23. The van der Waals surface area contributed by atoms with Crippen LogP contribution in [0.3, 0.4) is 0 Å². The van der Waals surface area contributed by atoms with Crippen molar-refractivity contribution < 1.29 is 18.0 Å². The number of fused-ring (bicyclic) bond motifs is 1. The van der Waals surface area contributed by atoms with Crippen LogP contribution < -0.4 is 5.43 Å². The van der Waals surface area contributed by atoms with Crippen LogP contribution in [0.15, 0.2) is 53.6 Å². The van der Waals surface area contributed by atoms with Gasteiger partial charge in [0, 0.05) is 0 Å². The predicted octanol–water partition coefficient (Wildman–Crippen LogP) is 3.51. The SMILES string of the molecule is Cc1nc2ccccc2n1CC(=O)N/N=C/c1ccc(C(F)(F)F)cc1. The summed E-state index contributed by atoms with van der Waals surface area (Å²) in [6.07, 6.45) is -3.09. The Hall–Kier alpha value is -3.16. The van der Waals surface area contributed by atoms with Gasteiger partial charge in [-0.25, -0.2) is 10.4 Å². The van der Waals surface area contributed by atoms with Gasteiger partial charge in [-0.3, -0.25) is 4.79 Å². The van der Waals surface area contributed by atoms with Crippen molar-refractivity contribution in [3.63, 3.8) is 0 Å². The highest BCUT2D eigenvalue weighted by molar-refractivity contribution is 5.83. The molecule has 8 heteroatoms. The number of halogens is 3. The highest BCUT2D eigenvalue weighted by Crippen LogP contribution is 2.28. The van der Waals surface area contributed by atoms with Crippen molar-refractivity contribution in [3.05, 3.63) is 65.5 Å². The van der Waals surface area contributed by atoms with E-state index >= 15 is 0 Å². The summed E-state index contributed by atoms with van der Waals surface area (Å²) in [6, 6.07) is 12.0. The van der Waals surface area contributed by atoms with Crippen LogP contribution in [0, 0.1) is 6.92 Å². The Bertz CT molecular complexity index is 959. The van der Waals surface area contributed by atoms with Crippen molar-refractivity contribution in [2.45, 2.75) is 19.6 Å². The summed E-state index contributed by atoms with van der Waals surface area (Å²) in [5.41, 5.74) is 3.71. The van der Waals surface area contributed by atoms with Gasteiger partial charge in [-0.1, -0.05) is 24.3 Å². The molecule has 0 spiro atoms. The molecule has 0 aliphatic heterocycles. The van der Waals surface area contributed by atoms with Gasteiger partial charge in [-0.05, 0) is 36.8 Å². The van der Waals surface area contributed by atoms with E-state index in [2.05, 4.69) is 15.5 Å². The summed E-state index contributed by atoms with van der Waals surface area (Å²) in [4.78, 5) is 16.4. The van der Waals surface area contributed by atoms with E-state index in [9.17, 15) is 18.0 Å². The lowest BCUT2D eigenvalue weighted by Gasteiger charge is -2.06. The van der Waals surface area contributed by atoms with Crippen molar-refractivity contribution in [1.82, 2.24) is 15.0 Å². The highest BCUT2D eigenvalue weighted by Gasteiger charge is 2.29. The fraction of sp³-hybridized carbons (Fsp3) is 0.167. The largest absolute Gasteiger partial charge is 0.416 e. The van der Waals surface area contributed by atoms with Crippen LogP contribution in [0.25, 0.3) is 11.0 Å². The molecule has 0 radical (unpaired) electrons. The molecule has 3 aromatic rings. The number of nitrogens with zero attached hydrogens (tertiary/aromatic N) is 3. The lowest BCUT2D eigenvalue weighted by atomic mass is 10.1. The van der Waals surface area contributed by atoms with E-state index in [1.165, 1.54) is 18.3 Å². The summed E-state index contributed by atoms with van der Waals surface area (Å²) in [5.74, 6) is 0.340. The summed E-state index contributed by atoms with van der Waals surface area (Å²) >= 11 is 0. The second kappa shape index (κ2) is 6.99. The average molecular weight is 360 g/mol. The van der Waals surface area contributed by atoms with Crippen LogP contribution >= 0.6 is 0 Å². The van der Waals surface area contributed by atoms with Crippen LogP contribution in [0.2, 0.25) is 0 Å². The molecule has 5 nitrogen and oxygen atoms in total. The Balaban J connectivity index is 1.63. The Labute approximate surface area is 147 Å². The number of carbonyl (C=O) groups is 1. The number of carbonyl (C=O) groups excluding carboxylic acids is 1. The number of hydrogen-bond acceptors (Lipinski definition) is 3. The van der Waals surface area contributed by atoms with Crippen molar-refractivity contribution in [2.75, 3.05) is 0 Å². The molecular weight excluding hydrogens is 345 g/mol. The van der Waals surface area contributed by atoms with Gasteiger partial charge in [0.2, 0.25) is 0 Å². The molecule has 0 fully saturated rings. The van der Waals surface area contributed by atoms with Gasteiger partial charge in [-0.15, -0.1) is 0 Å². The zero-order valence-corrected chi connectivity index (χ0v) is 13.8. The fourth-order valence-corrected chi connectivity index (χ4v) is 2.51. The summed E-state index contributed by atoms with van der Waals surface area (Å²) in [7, 11) is 0. The van der Waals surface area contributed by atoms with Crippen molar-refractivity contribution in [2.24, 2.45) is 5.10 Å². The van der Waals surface area contributed by atoms with Gasteiger partial charge in [0.15, 0.2) is 0 Å². The molecule has 134 valence electrons. The zero-order chi connectivity index (χ0) is 18.7. The normalized spacial score (nSPS) is 12.0. The molecule has 0 atom stereocenters. The van der Waals surface area contributed by atoms with Gasteiger partial charge in [0.25, 0.3) is 5.91 Å². The quantitative estimate of drug-likeness (QED) is 0.572. The standard InChI is InChI=1S/C18H15F3N4O/c1-12-23-15-4-2-3-5-16(15)25(12)11-17(26)24-22-10-13-6-8-14(9-7-13)18(19,20)21/h2-10H,11H2,1H3,(H,24,26)/b22-10+. The van der Waals surface area contributed by atoms with Gasteiger partial charge in [0.05, 0.1) is 22.8 Å². The minimum absolute atomic E-state index is 0.0384. The number of hydrogen-bond donors (Lipinski definition) is 1. The number of amides is 1. The molecule has 0 aliphatic rings. The van der Waals surface area contributed by atoms with E-state index in [0.717, 1.165) is 23.2 Å². The molecule has 0 unspecified atom stereocenters. The first-order chi connectivity index (χ1) is 12.3. The number of alkyl halides is 3. The third-order valence-electron chi connectivity index (χ3n) is 3.79. The van der Waals surface area contributed by atoms with Crippen LogP contribution in [0.1, 0.15) is 17.0 Å². The number of rotatable bonds is 4. The molecule has 1 aromatic heterocycles. The molecule has 1 N–H and O–H groups in total. The maximum absolute atomic E-state index is 12.5. The third kappa shape index (κ3) is 3.90. The van der Waals surface area contributed by atoms with Gasteiger partial charge in [-0.2, -0.15) is 18.3 Å². The number of benzene rings is 2. The number of aromatic nitrogens is 2. The van der Waals surface area contributed by atoms with Gasteiger partial charge < -0.3 is 4.57 Å². The Morgan fingerprint density at radius 3 is 2.58 bits per heavy atom. The van der Waals surface area contributed by atoms with E-state index in [0.29, 0.717) is 11.4 Å². The Kier molecular flexibility index (Phi) is 4.75. The monoisotopic (exact) mass is 360 g/mol. The van der Waals surface area contributed by atoms with Gasteiger partial charge >= 0.3 is 6.18 Å². The maximum Gasteiger partial charge on any atom is 0.416 e. The highest BCUT2D eigenvalue weighted by atomic mass is 19.4. The van der Waals surface area contributed by atoms with Crippen LogP contribution in [0.4, 0.5) is 13.2 Å². The smallest absolute Gasteiger partial charge is 0.319 e. The molecule has 1 amide bonds. The number of nitrogens with one attached hydrogen (secondary N) is 1. The molecule has 0 aliphatic carbocycles. The van der Waals surface area contributed by atoms with E-state index in [1.807, 2.05) is 24.3 Å². The summed E-state index contributed by atoms with van der Waals surface area (Å²) in [5, 5.41) is 3.78. The third-order valence-corrected chi connectivity index (χ3v) is 3.79. The number of imidazole rings is 1. The second-order valence-corrected chi connectivity index (χ2v) is 5.65. The Morgan fingerprint density at radius 1 is 1.19 bits per heavy atom. The second-order valence-electron chi connectivity index (χ2n) is 5.65. The van der Waals surface area contributed by atoms with E-state index < -0.39 is 11.7 Å². The van der Waals surface area contributed by atoms with Crippen molar-refractivity contribution in [1.29, 1.82) is 0 Å². The van der Waals surface area contributed by atoms with E-state index in [-0.39, 0.29) is 12.5 Å². The lowest BCUT2D eigenvalue weighted by molar-refractivity contribution is -0.137. The van der Waals surface area contributed by atoms with E-state index in [4.69, 9.17) is 0 Å². The first kappa shape index (κ1) is 17.7. The molecule has 0 bridgehead atoms. The van der Waals surface area contributed by atoms with Crippen LogP contribution in [-0.2, 0) is 17.5 Å². The predicted molar refractivity (Wildman–Crippen MR) is 91.7 cm³/mol. The molecular formula is C18H15F3N4O. The van der Waals surface area contributed by atoms with Crippen LogP contribution in [-0.4, -0.2) is 21.7 Å². The average Bonchev–Trinajstić information content (AvgIpc) is 2.90. The number of aryl methyl sites for hydroxylation is 1. The minimum atomic E-state index is -4.38. The van der Waals surface area contributed by atoms with Gasteiger partial charge in [0.1, 0.15) is 12.4 Å². The first-order valence-corrected chi connectivity index (χ1v) is 7.75. The molecule has 0 saturated carbocycles. The molecule has 0 saturated heterocycles. The summed E-state index contributed by atoms with van der Waals surface area (Å²) in [6.45, 7) is 1.84. The van der Waals surface area contributed by atoms with E-state index in [1.54, 1.807) is 11.5 Å². The molecule has 2 aromatic carbocycles. The minimum Gasteiger partial charge on any atom is -0.319 e.